The molecule has 36 heavy (non-hydrogen) atoms. The fourth-order valence-electron chi connectivity index (χ4n) is 5.69. The van der Waals surface area contributed by atoms with Gasteiger partial charge in [-0.2, -0.15) is 0 Å². The fourth-order valence-corrected chi connectivity index (χ4v) is 5.69. The average Bonchev–Trinajstić information content (AvgIpc) is 3.20. The number of rotatable bonds is 10. The Bertz CT molecular complexity index is 800. The largest absolute Gasteiger partial charge is 0.446 e. The molecule has 2 saturated heterocycles. The molecule has 4 N–H and O–H groups in total. The Kier molecular flexibility index (Phi) is 9.60. The Morgan fingerprint density at radius 1 is 1.14 bits per heavy atom. The number of carbonyl (C=O) groups excluding carboxylic acids is 4. The smallest absolute Gasteiger partial charge is 0.408 e. The molecular formula is C26H44N4O6. The van der Waals surface area contributed by atoms with Gasteiger partial charge in [0.1, 0.15) is 12.1 Å². The quantitative estimate of drug-likeness (QED) is 0.353. The number of hydrogen-bond acceptors (Lipinski definition) is 6. The molecule has 3 fully saturated rings. The Morgan fingerprint density at radius 3 is 2.33 bits per heavy atom. The van der Waals surface area contributed by atoms with Crippen LogP contribution >= 0.6 is 0 Å². The first kappa shape index (κ1) is 28.2. The normalized spacial score (nSPS) is 23.2. The Labute approximate surface area is 214 Å². The topological polar surface area (TPSA) is 137 Å². The van der Waals surface area contributed by atoms with E-state index in [1.54, 1.807) is 0 Å². The van der Waals surface area contributed by atoms with Crippen LogP contribution in [0.25, 0.3) is 0 Å². The second-order valence-electron chi connectivity index (χ2n) is 11.6. The van der Waals surface area contributed by atoms with E-state index in [2.05, 4.69) is 16.0 Å². The molecule has 2 aliphatic heterocycles. The SMILES string of the molecule is CC(C)C[C@H](NC(=O)OC1CC2(CCN(C(=O)C(C)C)CC2)C1)C(=O)N[C@H](CO)C[C@@H]1CCNC1=O. The van der Waals surface area contributed by atoms with E-state index in [4.69, 9.17) is 4.74 Å². The van der Waals surface area contributed by atoms with E-state index in [-0.39, 0.29) is 53.6 Å². The number of nitrogens with one attached hydrogen (secondary N) is 3. The standard InChI is InChI=1S/C26H44N4O6/c1-16(2)11-21(23(33)28-19(15-31)12-18-5-8-27-22(18)32)29-25(35)36-20-13-26(14-20)6-9-30(10-7-26)24(34)17(3)4/h16-21,31H,5-15H2,1-4H3,(H,27,32)(H,28,33)(H,29,35)/t18-,19-,21-/m0/s1. The van der Waals surface area contributed by atoms with E-state index in [9.17, 15) is 24.3 Å². The minimum Gasteiger partial charge on any atom is -0.446 e. The highest BCUT2D eigenvalue weighted by Crippen LogP contribution is 2.50. The first-order valence-corrected chi connectivity index (χ1v) is 13.5. The summed E-state index contributed by atoms with van der Waals surface area (Å²) in [6.07, 6.45) is 4.07. The van der Waals surface area contributed by atoms with Gasteiger partial charge in [0, 0.05) is 31.5 Å². The maximum atomic E-state index is 13.0. The molecule has 0 aromatic rings. The molecule has 3 atom stereocenters. The molecule has 4 amide bonds. The van der Waals surface area contributed by atoms with Gasteiger partial charge in [0.25, 0.3) is 0 Å². The zero-order valence-electron chi connectivity index (χ0n) is 22.2. The van der Waals surface area contributed by atoms with Crippen LogP contribution in [0.4, 0.5) is 4.79 Å². The van der Waals surface area contributed by atoms with E-state index in [1.165, 1.54) is 0 Å². The molecule has 0 radical (unpaired) electrons. The molecular weight excluding hydrogens is 464 g/mol. The van der Waals surface area contributed by atoms with E-state index in [0.717, 1.165) is 38.8 Å². The molecule has 3 aliphatic rings. The number of alkyl carbamates (subject to hydrolysis) is 1. The predicted octanol–water partition coefficient (Wildman–Crippen LogP) is 1.56. The van der Waals surface area contributed by atoms with Crippen molar-refractivity contribution < 1.29 is 29.0 Å². The fraction of sp³-hybridized carbons (Fsp3) is 0.846. The summed E-state index contributed by atoms with van der Waals surface area (Å²) >= 11 is 0. The highest BCUT2D eigenvalue weighted by molar-refractivity contribution is 5.86. The number of likely N-dealkylation sites (tertiary alicyclic amines) is 1. The summed E-state index contributed by atoms with van der Waals surface area (Å²) in [5.41, 5.74) is 0.133. The van der Waals surface area contributed by atoms with Crippen LogP contribution in [0.5, 0.6) is 0 Å². The van der Waals surface area contributed by atoms with Gasteiger partial charge in [-0.25, -0.2) is 4.79 Å². The first-order chi connectivity index (χ1) is 17.0. The van der Waals surface area contributed by atoms with Gasteiger partial charge in [-0.3, -0.25) is 14.4 Å². The van der Waals surface area contributed by atoms with Gasteiger partial charge in [-0.05, 0) is 56.3 Å². The maximum Gasteiger partial charge on any atom is 0.408 e. The lowest BCUT2D eigenvalue weighted by Crippen LogP contribution is -2.54. The summed E-state index contributed by atoms with van der Waals surface area (Å²) in [7, 11) is 0. The summed E-state index contributed by atoms with van der Waals surface area (Å²) in [5, 5.41) is 18.0. The van der Waals surface area contributed by atoms with E-state index in [1.807, 2.05) is 32.6 Å². The molecule has 1 spiro atoms. The molecule has 0 bridgehead atoms. The van der Waals surface area contributed by atoms with Crippen molar-refractivity contribution in [2.24, 2.45) is 23.2 Å². The summed E-state index contributed by atoms with van der Waals surface area (Å²) in [5.74, 6) is -0.319. The van der Waals surface area contributed by atoms with Crippen LogP contribution in [0.2, 0.25) is 0 Å². The van der Waals surface area contributed by atoms with Gasteiger partial charge in [-0.1, -0.05) is 27.7 Å². The lowest BCUT2D eigenvalue weighted by molar-refractivity contribution is -0.140. The molecule has 1 saturated carbocycles. The van der Waals surface area contributed by atoms with E-state index in [0.29, 0.717) is 25.8 Å². The number of amides is 4. The van der Waals surface area contributed by atoms with Crippen molar-refractivity contribution in [3.8, 4) is 0 Å². The van der Waals surface area contributed by atoms with Crippen LogP contribution in [0.3, 0.4) is 0 Å². The van der Waals surface area contributed by atoms with Crippen LogP contribution in [-0.4, -0.2) is 78.3 Å². The zero-order chi connectivity index (χ0) is 26.5. The molecule has 10 heteroatoms. The van der Waals surface area contributed by atoms with Crippen molar-refractivity contribution in [2.45, 2.75) is 90.8 Å². The van der Waals surface area contributed by atoms with Crippen LogP contribution in [0.1, 0.15) is 72.6 Å². The van der Waals surface area contributed by atoms with Crippen LogP contribution in [0.15, 0.2) is 0 Å². The predicted molar refractivity (Wildman–Crippen MR) is 134 cm³/mol. The van der Waals surface area contributed by atoms with Gasteiger partial charge in [0.15, 0.2) is 0 Å². The van der Waals surface area contributed by atoms with Gasteiger partial charge in [0.05, 0.1) is 12.6 Å². The van der Waals surface area contributed by atoms with Crippen LogP contribution in [0, 0.1) is 23.2 Å². The number of aliphatic hydroxyl groups excluding tert-OH is 1. The number of nitrogens with zero attached hydrogens (tertiary/aromatic N) is 1. The molecule has 3 rings (SSSR count). The number of piperidine rings is 1. The van der Waals surface area contributed by atoms with Gasteiger partial charge in [0.2, 0.25) is 17.7 Å². The third kappa shape index (κ3) is 7.33. The second-order valence-corrected chi connectivity index (χ2v) is 11.6. The Hall–Kier alpha value is -2.36. The molecule has 204 valence electrons. The van der Waals surface area contributed by atoms with Gasteiger partial charge in [-0.15, -0.1) is 0 Å². The molecule has 0 unspecified atom stereocenters. The Morgan fingerprint density at radius 2 is 1.81 bits per heavy atom. The molecule has 10 nitrogen and oxygen atoms in total. The number of carbonyl (C=O) groups is 4. The highest BCUT2D eigenvalue weighted by atomic mass is 16.6. The van der Waals surface area contributed by atoms with Gasteiger partial charge < -0.3 is 30.7 Å². The van der Waals surface area contributed by atoms with Crippen molar-refractivity contribution >= 4 is 23.8 Å². The number of ether oxygens (including phenoxy) is 1. The third-order valence-corrected chi connectivity index (χ3v) is 7.84. The zero-order valence-corrected chi connectivity index (χ0v) is 22.2. The van der Waals surface area contributed by atoms with Crippen LogP contribution in [-0.2, 0) is 19.1 Å². The second kappa shape index (κ2) is 12.3. The Balaban J connectivity index is 1.45. The third-order valence-electron chi connectivity index (χ3n) is 7.84. The maximum absolute atomic E-state index is 13.0. The van der Waals surface area contributed by atoms with Crippen molar-refractivity contribution in [3.63, 3.8) is 0 Å². The minimum absolute atomic E-state index is 0.00562. The van der Waals surface area contributed by atoms with E-state index >= 15 is 0 Å². The molecule has 2 heterocycles. The summed E-state index contributed by atoms with van der Waals surface area (Å²) in [6, 6.07) is -1.35. The summed E-state index contributed by atoms with van der Waals surface area (Å²) < 4.78 is 5.63. The first-order valence-electron chi connectivity index (χ1n) is 13.5. The van der Waals surface area contributed by atoms with Crippen molar-refractivity contribution in [1.82, 2.24) is 20.9 Å². The lowest BCUT2D eigenvalue weighted by Gasteiger charge is -2.51. The number of aliphatic hydroxyl groups is 1. The lowest BCUT2D eigenvalue weighted by atomic mass is 9.61. The van der Waals surface area contributed by atoms with Crippen molar-refractivity contribution in [1.29, 1.82) is 0 Å². The van der Waals surface area contributed by atoms with Crippen molar-refractivity contribution in [2.75, 3.05) is 26.2 Å². The van der Waals surface area contributed by atoms with Crippen molar-refractivity contribution in [3.05, 3.63) is 0 Å². The highest BCUT2D eigenvalue weighted by Gasteiger charge is 2.48. The summed E-state index contributed by atoms with van der Waals surface area (Å²) in [4.78, 5) is 51.6. The summed E-state index contributed by atoms with van der Waals surface area (Å²) in [6.45, 7) is 9.60. The van der Waals surface area contributed by atoms with Gasteiger partial charge >= 0.3 is 6.09 Å². The number of hydrogen-bond donors (Lipinski definition) is 4. The molecule has 0 aromatic carbocycles. The van der Waals surface area contributed by atoms with E-state index < -0.39 is 18.2 Å². The molecule has 0 aromatic heterocycles. The van der Waals surface area contributed by atoms with Crippen LogP contribution < -0.4 is 16.0 Å². The average molecular weight is 509 g/mol. The monoisotopic (exact) mass is 508 g/mol. The molecule has 1 aliphatic carbocycles. The minimum atomic E-state index is -0.789.